The molecule has 2 aliphatic carbocycles. The first kappa shape index (κ1) is 13.4. The molecule has 0 amide bonds. The smallest absolute Gasteiger partial charge is 0.0334 e. The Labute approximate surface area is 107 Å². The Bertz CT molecular complexity index is 225. The van der Waals surface area contributed by atoms with Gasteiger partial charge in [0.25, 0.3) is 0 Å². The maximum Gasteiger partial charge on any atom is 0.0334 e. The van der Waals surface area contributed by atoms with Crippen LogP contribution in [0.5, 0.6) is 0 Å². The van der Waals surface area contributed by atoms with Crippen LogP contribution in [-0.2, 0) is 0 Å². The van der Waals surface area contributed by atoms with Gasteiger partial charge in [0.2, 0.25) is 0 Å². The molecular weight excluding hydrogens is 208 g/mol. The molecule has 2 aliphatic rings. The van der Waals surface area contributed by atoms with Crippen molar-refractivity contribution in [3.63, 3.8) is 0 Å². The van der Waals surface area contributed by atoms with Crippen molar-refractivity contribution in [2.24, 2.45) is 11.7 Å². The fourth-order valence-electron chi connectivity index (χ4n) is 3.36. The quantitative estimate of drug-likeness (QED) is 0.668. The van der Waals surface area contributed by atoms with Crippen LogP contribution in [0, 0.1) is 5.92 Å². The second-order valence-corrected chi connectivity index (χ2v) is 6.26. The highest BCUT2D eigenvalue weighted by molar-refractivity contribution is 5.00. The third-order valence-electron chi connectivity index (χ3n) is 4.56. The highest BCUT2D eigenvalue weighted by atomic mass is 15.3. The number of hydrogen-bond acceptors (Lipinski definition) is 2. The van der Waals surface area contributed by atoms with Crippen LogP contribution in [0.2, 0.25) is 0 Å². The Balaban J connectivity index is 2.06. The predicted octanol–water partition coefficient (Wildman–Crippen LogP) is 3.16. The van der Waals surface area contributed by atoms with Crippen LogP contribution in [0.25, 0.3) is 0 Å². The Morgan fingerprint density at radius 2 is 1.65 bits per heavy atom. The average molecular weight is 238 g/mol. The van der Waals surface area contributed by atoms with Crippen molar-refractivity contribution in [3.05, 3.63) is 0 Å². The zero-order valence-corrected chi connectivity index (χ0v) is 11.8. The average Bonchev–Trinajstić information content (AvgIpc) is 3.17. The Kier molecular flexibility index (Phi) is 4.48. The van der Waals surface area contributed by atoms with E-state index in [0.29, 0.717) is 5.54 Å². The summed E-state index contributed by atoms with van der Waals surface area (Å²) in [5.74, 6) is 0.996. The first-order valence-corrected chi connectivity index (χ1v) is 7.72. The van der Waals surface area contributed by atoms with Crippen molar-refractivity contribution >= 4 is 0 Å². The minimum Gasteiger partial charge on any atom is -0.329 e. The van der Waals surface area contributed by atoms with Crippen LogP contribution in [-0.4, -0.2) is 29.6 Å². The molecule has 0 saturated heterocycles. The Morgan fingerprint density at radius 3 is 2.00 bits per heavy atom. The van der Waals surface area contributed by atoms with Gasteiger partial charge in [0.15, 0.2) is 0 Å². The predicted molar refractivity (Wildman–Crippen MR) is 74.1 cm³/mol. The Hall–Kier alpha value is -0.0800. The van der Waals surface area contributed by atoms with Crippen molar-refractivity contribution in [2.45, 2.75) is 76.8 Å². The van der Waals surface area contributed by atoms with Crippen LogP contribution in [0.3, 0.4) is 0 Å². The van der Waals surface area contributed by atoms with E-state index in [1.165, 1.54) is 57.9 Å². The van der Waals surface area contributed by atoms with Gasteiger partial charge in [-0.1, -0.05) is 26.7 Å². The van der Waals surface area contributed by atoms with Gasteiger partial charge in [-0.05, 0) is 44.4 Å². The SMILES string of the molecule is CCCC(CN)(CCC)N(CC1CC1)C1CC1. The molecule has 0 atom stereocenters. The van der Waals surface area contributed by atoms with E-state index in [4.69, 9.17) is 5.73 Å². The van der Waals surface area contributed by atoms with Gasteiger partial charge in [-0.3, -0.25) is 4.90 Å². The summed E-state index contributed by atoms with van der Waals surface area (Å²) in [6, 6.07) is 0.872. The van der Waals surface area contributed by atoms with Crippen LogP contribution < -0.4 is 5.73 Å². The molecule has 2 rings (SSSR count). The summed E-state index contributed by atoms with van der Waals surface area (Å²) in [7, 11) is 0. The van der Waals surface area contributed by atoms with Crippen molar-refractivity contribution in [1.82, 2.24) is 4.90 Å². The van der Waals surface area contributed by atoms with Gasteiger partial charge in [0, 0.05) is 24.7 Å². The standard InChI is InChI=1S/C15H30N2/c1-3-9-15(12-16,10-4-2)17(14-7-8-14)11-13-5-6-13/h13-14H,3-12,16H2,1-2H3. The van der Waals surface area contributed by atoms with Crippen molar-refractivity contribution in [3.8, 4) is 0 Å². The molecule has 0 aromatic heterocycles. The van der Waals surface area contributed by atoms with E-state index in [-0.39, 0.29) is 0 Å². The molecule has 2 heteroatoms. The first-order valence-electron chi connectivity index (χ1n) is 7.72. The van der Waals surface area contributed by atoms with Crippen LogP contribution in [0.4, 0.5) is 0 Å². The fraction of sp³-hybridized carbons (Fsp3) is 1.00. The van der Waals surface area contributed by atoms with Crippen molar-refractivity contribution in [2.75, 3.05) is 13.1 Å². The second-order valence-electron chi connectivity index (χ2n) is 6.26. The van der Waals surface area contributed by atoms with Crippen LogP contribution >= 0.6 is 0 Å². The lowest BCUT2D eigenvalue weighted by atomic mass is 9.86. The van der Waals surface area contributed by atoms with E-state index in [0.717, 1.165) is 18.5 Å². The molecule has 0 unspecified atom stereocenters. The van der Waals surface area contributed by atoms with Gasteiger partial charge in [-0.25, -0.2) is 0 Å². The van der Waals surface area contributed by atoms with Gasteiger partial charge in [0.05, 0.1) is 0 Å². The van der Waals surface area contributed by atoms with Gasteiger partial charge < -0.3 is 5.73 Å². The summed E-state index contributed by atoms with van der Waals surface area (Å²) in [5, 5.41) is 0. The minimum atomic E-state index is 0.327. The summed E-state index contributed by atoms with van der Waals surface area (Å²) >= 11 is 0. The maximum atomic E-state index is 6.20. The first-order chi connectivity index (χ1) is 8.25. The summed E-state index contributed by atoms with van der Waals surface area (Å²) in [6.45, 7) is 6.81. The molecule has 0 spiro atoms. The molecule has 0 radical (unpaired) electrons. The molecule has 2 nitrogen and oxygen atoms in total. The van der Waals surface area contributed by atoms with Crippen LogP contribution in [0.1, 0.15) is 65.2 Å². The monoisotopic (exact) mass is 238 g/mol. The largest absolute Gasteiger partial charge is 0.329 e. The lowest BCUT2D eigenvalue weighted by Gasteiger charge is -2.44. The van der Waals surface area contributed by atoms with Crippen molar-refractivity contribution < 1.29 is 0 Å². The van der Waals surface area contributed by atoms with Crippen molar-refractivity contribution in [1.29, 1.82) is 0 Å². The molecule has 0 aromatic rings. The molecule has 0 aliphatic heterocycles. The normalized spacial score (nSPS) is 21.2. The topological polar surface area (TPSA) is 29.3 Å². The third kappa shape index (κ3) is 3.23. The number of hydrogen-bond donors (Lipinski definition) is 1. The zero-order valence-electron chi connectivity index (χ0n) is 11.8. The third-order valence-corrected chi connectivity index (χ3v) is 4.56. The highest BCUT2D eigenvalue weighted by Gasteiger charge is 2.44. The van der Waals surface area contributed by atoms with E-state index in [1.807, 2.05) is 0 Å². The number of rotatable bonds is 9. The molecule has 0 aromatic carbocycles. The van der Waals surface area contributed by atoms with E-state index in [9.17, 15) is 0 Å². The van der Waals surface area contributed by atoms with E-state index in [1.54, 1.807) is 0 Å². The Morgan fingerprint density at radius 1 is 1.06 bits per heavy atom. The zero-order chi connectivity index (χ0) is 12.3. The molecular formula is C15H30N2. The lowest BCUT2D eigenvalue weighted by molar-refractivity contribution is 0.0608. The molecule has 0 heterocycles. The minimum absolute atomic E-state index is 0.327. The van der Waals surface area contributed by atoms with E-state index >= 15 is 0 Å². The molecule has 0 bridgehead atoms. The lowest BCUT2D eigenvalue weighted by Crippen LogP contribution is -2.55. The molecule has 2 fully saturated rings. The van der Waals surface area contributed by atoms with Gasteiger partial charge >= 0.3 is 0 Å². The van der Waals surface area contributed by atoms with Gasteiger partial charge in [0.1, 0.15) is 0 Å². The molecule has 2 saturated carbocycles. The second kappa shape index (κ2) is 5.71. The molecule has 2 N–H and O–H groups in total. The highest BCUT2D eigenvalue weighted by Crippen LogP contribution is 2.41. The molecule has 17 heavy (non-hydrogen) atoms. The summed E-state index contributed by atoms with van der Waals surface area (Å²) in [4.78, 5) is 2.83. The maximum absolute atomic E-state index is 6.20. The van der Waals surface area contributed by atoms with Gasteiger partial charge in [-0.2, -0.15) is 0 Å². The summed E-state index contributed by atoms with van der Waals surface area (Å²) < 4.78 is 0. The van der Waals surface area contributed by atoms with Gasteiger partial charge in [-0.15, -0.1) is 0 Å². The van der Waals surface area contributed by atoms with Crippen LogP contribution in [0.15, 0.2) is 0 Å². The summed E-state index contributed by atoms with van der Waals surface area (Å²) in [5.41, 5.74) is 6.53. The number of nitrogens with two attached hydrogens (primary N) is 1. The van der Waals surface area contributed by atoms with E-state index in [2.05, 4.69) is 18.7 Å². The van der Waals surface area contributed by atoms with E-state index < -0.39 is 0 Å². The number of nitrogens with zero attached hydrogens (tertiary/aromatic N) is 1. The summed E-state index contributed by atoms with van der Waals surface area (Å²) in [6.07, 6.45) is 10.9. The molecule has 100 valence electrons. The fourth-order valence-corrected chi connectivity index (χ4v) is 3.36.